The zero-order valence-electron chi connectivity index (χ0n) is 12.5. The van der Waals surface area contributed by atoms with E-state index in [9.17, 15) is 9.59 Å². The molecule has 4 heteroatoms. The lowest BCUT2D eigenvalue weighted by Crippen LogP contribution is -2.68. The van der Waals surface area contributed by atoms with Gasteiger partial charge in [0.05, 0.1) is 6.54 Å². The maximum Gasteiger partial charge on any atom is 0.248 e. The van der Waals surface area contributed by atoms with Crippen LogP contribution >= 0.6 is 0 Å². The molecule has 0 radical (unpaired) electrons. The first-order chi connectivity index (χ1) is 8.89. The zero-order valence-corrected chi connectivity index (χ0v) is 12.5. The van der Waals surface area contributed by atoms with Crippen molar-refractivity contribution in [2.24, 2.45) is 11.8 Å². The first kappa shape index (κ1) is 14.4. The molecule has 1 saturated carbocycles. The van der Waals surface area contributed by atoms with Crippen molar-refractivity contribution in [2.45, 2.75) is 65.0 Å². The third kappa shape index (κ3) is 2.49. The average molecular weight is 266 g/mol. The Bertz CT molecular complexity index is 382. The van der Waals surface area contributed by atoms with Crippen LogP contribution < -0.4 is 5.32 Å². The first-order valence-corrected chi connectivity index (χ1v) is 7.51. The molecule has 0 aromatic rings. The van der Waals surface area contributed by atoms with Gasteiger partial charge in [-0.25, -0.2) is 0 Å². The predicted octanol–water partition coefficient (Wildman–Crippen LogP) is 1.94. The molecule has 2 amide bonds. The molecule has 0 bridgehead atoms. The molecule has 1 aliphatic carbocycles. The zero-order chi connectivity index (χ0) is 14.2. The van der Waals surface area contributed by atoms with E-state index in [1.54, 1.807) is 0 Å². The number of hydrogen-bond acceptors (Lipinski definition) is 2. The summed E-state index contributed by atoms with van der Waals surface area (Å²) in [4.78, 5) is 26.5. The van der Waals surface area contributed by atoms with Crippen molar-refractivity contribution in [2.75, 3.05) is 6.54 Å². The average Bonchev–Trinajstić information content (AvgIpc) is 2.37. The Morgan fingerprint density at radius 2 is 2.00 bits per heavy atom. The lowest BCUT2D eigenvalue weighted by Gasteiger charge is -2.47. The largest absolute Gasteiger partial charge is 0.340 e. The van der Waals surface area contributed by atoms with E-state index in [2.05, 4.69) is 19.2 Å². The molecule has 1 saturated heterocycles. The highest BCUT2D eigenvalue weighted by Crippen LogP contribution is 2.34. The quantitative estimate of drug-likeness (QED) is 0.830. The summed E-state index contributed by atoms with van der Waals surface area (Å²) in [5.41, 5.74) is -0.713. The minimum absolute atomic E-state index is 0.0191. The maximum atomic E-state index is 12.7. The number of nitrogens with one attached hydrogen (secondary N) is 1. The lowest BCUT2D eigenvalue weighted by molar-refractivity contribution is -0.154. The molecule has 1 N–H and O–H groups in total. The van der Waals surface area contributed by atoms with E-state index in [4.69, 9.17) is 0 Å². The summed E-state index contributed by atoms with van der Waals surface area (Å²) in [6.45, 7) is 8.50. The molecule has 2 fully saturated rings. The van der Waals surface area contributed by atoms with Crippen LogP contribution in [0.15, 0.2) is 0 Å². The van der Waals surface area contributed by atoms with Crippen LogP contribution in [0.5, 0.6) is 0 Å². The summed E-state index contributed by atoms with van der Waals surface area (Å²) in [6, 6.07) is 0.230. The predicted molar refractivity (Wildman–Crippen MR) is 74.5 cm³/mol. The van der Waals surface area contributed by atoms with Crippen LogP contribution in [0, 0.1) is 11.8 Å². The van der Waals surface area contributed by atoms with Crippen LogP contribution in [-0.4, -0.2) is 34.8 Å². The molecule has 0 aromatic heterocycles. The molecule has 2 aliphatic rings. The monoisotopic (exact) mass is 266 g/mol. The molecular formula is C15H26N2O2. The highest BCUT2D eigenvalue weighted by Gasteiger charge is 2.45. The molecule has 2 rings (SSSR count). The van der Waals surface area contributed by atoms with E-state index in [-0.39, 0.29) is 24.4 Å². The van der Waals surface area contributed by atoms with Crippen LogP contribution in [0.1, 0.15) is 53.4 Å². The maximum absolute atomic E-state index is 12.7. The van der Waals surface area contributed by atoms with Crippen molar-refractivity contribution in [3.63, 3.8) is 0 Å². The Morgan fingerprint density at radius 1 is 1.32 bits per heavy atom. The molecule has 19 heavy (non-hydrogen) atoms. The number of piperazine rings is 1. The van der Waals surface area contributed by atoms with Crippen LogP contribution in [0.3, 0.4) is 0 Å². The molecule has 0 aromatic carbocycles. The minimum Gasteiger partial charge on any atom is -0.340 e. The van der Waals surface area contributed by atoms with Crippen LogP contribution in [0.2, 0.25) is 0 Å². The summed E-state index contributed by atoms with van der Waals surface area (Å²) in [7, 11) is 0. The van der Waals surface area contributed by atoms with Gasteiger partial charge >= 0.3 is 0 Å². The van der Waals surface area contributed by atoms with Gasteiger partial charge in [0.2, 0.25) is 11.8 Å². The third-order valence-corrected chi connectivity index (χ3v) is 5.23. The van der Waals surface area contributed by atoms with E-state index in [1.165, 1.54) is 6.42 Å². The Hall–Kier alpha value is -1.06. The molecule has 0 spiro atoms. The first-order valence-electron chi connectivity index (χ1n) is 7.51. The van der Waals surface area contributed by atoms with Gasteiger partial charge in [-0.2, -0.15) is 0 Å². The lowest BCUT2D eigenvalue weighted by atomic mass is 9.76. The summed E-state index contributed by atoms with van der Waals surface area (Å²) < 4.78 is 0. The smallest absolute Gasteiger partial charge is 0.248 e. The van der Waals surface area contributed by atoms with Crippen molar-refractivity contribution in [1.82, 2.24) is 10.2 Å². The van der Waals surface area contributed by atoms with Gasteiger partial charge in [-0.3, -0.25) is 9.59 Å². The topological polar surface area (TPSA) is 49.4 Å². The second-order valence-corrected chi connectivity index (χ2v) is 6.50. The SMILES string of the molecule is CCC1(C)NC(=O)CN(C2CCCC(C)C2C)C1=O. The van der Waals surface area contributed by atoms with Gasteiger partial charge in [0.25, 0.3) is 0 Å². The highest BCUT2D eigenvalue weighted by atomic mass is 16.2. The number of nitrogens with zero attached hydrogens (tertiary/aromatic N) is 1. The van der Waals surface area contributed by atoms with Crippen molar-refractivity contribution in [3.8, 4) is 0 Å². The van der Waals surface area contributed by atoms with E-state index in [0.29, 0.717) is 18.3 Å². The van der Waals surface area contributed by atoms with Gasteiger partial charge in [0.15, 0.2) is 0 Å². The van der Waals surface area contributed by atoms with Gasteiger partial charge in [-0.15, -0.1) is 0 Å². The van der Waals surface area contributed by atoms with Gasteiger partial charge in [0, 0.05) is 6.04 Å². The Labute approximate surface area is 115 Å². The number of hydrogen-bond donors (Lipinski definition) is 1. The Balaban J connectivity index is 2.22. The van der Waals surface area contributed by atoms with E-state index < -0.39 is 5.54 Å². The normalized spacial score (nSPS) is 40.2. The molecule has 4 unspecified atom stereocenters. The second kappa shape index (κ2) is 5.14. The van der Waals surface area contributed by atoms with E-state index in [1.807, 2.05) is 18.7 Å². The summed E-state index contributed by atoms with van der Waals surface area (Å²) in [5, 5.41) is 2.86. The van der Waals surface area contributed by atoms with Crippen LogP contribution in [0.4, 0.5) is 0 Å². The molecule has 4 atom stereocenters. The summed E-state index contributed by atoms with van der Waals surface area (Å²) >= 11 is 0. The molecular weight excluding hydrogens is 240 g/mol. The van der Waals surface area contributed by atoms with Gasteiger partial charge < -0.3 is 10.2 Å². The number of carbonyl (C=O) groups excluding carboxylic acids is 2. The summed E-state index contributed by atoms with van der Waals surface area (Å²) in [6.07, 6.45) is 4.07. The fourth-order valence-electron chi connectivity index (χ4n) is 3.45. The van der Waals surface area contributed by atoms with Gasteiger partial charge in [-0.1, -0.05) is 33.6 Å². The van der Waals surface area contributed by atoms with E-state index in [0.717, 1.165) is 12.8 Å². The number of rotatable bonds is 2. The Kier molecular flexibility index (Phi) is 3.88. The van der Waals surface area contributed by atoms with Crippen molar-refractivity contribution in [1.29, 1.82) is 0 Å². The van der Waals surface area contributed by atoms with Crippen LogP contribution in [0.25, 0.3) is 0 Å². The Morgan fingerprint density at radius 3 is 2.63 bits per heavy atom. The van der Waals surface area contributed by atoms with Gasteiger partial charge in [-0.05, 0) is 31.6 Å². The van der Waals surface area contributed by atoms with E-state index >= 15 is 0 Å². The van der Waals surface area contributed by atoms with Gasteiger partial charge in [0.1, 0.15) is 5.54 Å². The summed E-state index contributed by atoms with van der Waals surface area (Å²) in [5.74, 6) is 1.18. The molecule has 108 valence electrons. The minimum atomic E-state index is -0.713. The van der Waals surface area contributed by atoms with Crippen molar-refractivity contribution < 1.29 is 9.59 Å². The fraction of sp³-hybridized carbons (Fsp3) is 0.867. The molecule has 1 aliphatic heterocycles. The van der Waals surface area contributed by atoms with Crippen molar-refractivity contribution >= 4 is 11.8 Å². The molecule has 1 heterocycles. The standard InChI is InChI=1S/C15H26N2O2/c1-5-15(4)14(19)17(9-13(18)16-15)12-8-6-7-10(2)11(12)3/h10-12H,5-9H2,1-4H3,(H,16,18). The highest BCUT2D eigenvalue weighted by molar-refractivity contribution is 5.97. The number of carbonyl (C=O) groups is 2. The third-order valence-electron chi connectivity index (χ3n) is 5.23. The number of amides is 2. The second-order valence-electron chi connectivity index (χ2n) is 6.50. The fourth-order valence-corrected chi connectivity index (χ4v) is 3.45. The molecule has 4 nitrogen and oxygen atoms in total. The van der Waals surface area contributed by atoms with Crippen molar-refractivity contribution in [3.05, 3.63) is 0 Å². The van der Waals surface area contributed by atoms with Crippen LogP contribution in [-0.2, 0) is 9.59 Å².